The molecule has 0 unspecified atom stereocenters. The van der Waals surface area contributed by atoms with Gasteiger partial charge in [0.25, 0.3) is 10.0 Å². The molecule has 1 N–H and O–H groups in total. The molecule has 0 aromatic heterocycles. The second-order valence-corrected chi connectivity index (χ2v) is 9.23. The molecule has 4 rings (SSSR count). The van der Waals surface area contributed by atoms with E-state index in [0.717, 1.165) is 22.3 Å². The molecule has 3 aromatic rings. The number of carbonyl (C=O) groups is 1. The number of nitrogens with one attached hydrogen (secondary N) is 1. The predicted molar refractivity (Wildman–Crippen MR) is 116 cm³/mol. The van der Waals surface area contributed by atoms with Crippen LogP contribution in [-0.2, 0) is 14.8 Å². The standard InChI is InChI=1S/C23H22N2O3S/c1-15-8-10-20(17(3)12-15)24-23(26)14-25-21-11-9-16(2)13-19(21)18-6-4-5-7-22(18)29(25,27)28/h4-13H,14H2,1-3H3,(H,24,26). The van der Waals surface area contributed by atoms with Crippen LogP contribution in [0, 0.1) is 20.8 Å². The molecule has 3 aromatic carbocycles. The average molecular weight is 407 g/mol. The van der Waals surface area contributed by atoms with E-state index in [9.17, 15) is 13.2 Å². The normalized spacial score (nSPS) is 14.1. The Morgan fingerprint density at radius 3 is 2.34 bits per heavy atom. The second-order valence-electron chi connectivity index (χ2n) is 7.39. The fourth-order valence-corrected chi connectivity index (χ4v) is 5.34. The Labute approximate surface area is 171 Å². The highest BCUT2D eigenvalue weighted by atomic mass is 32.2. The fourth-order valence-electron chi connectivity index (χ4n) is 3.69. The van der Waals surface area contributed by atoms with E-state index in [2.05, 4.69) is 5.32 Å². The summed E-state index contributed by atoms with van der Waals surface area (Å²) in [4.78, 5) is 13.0. The predicted octanol–water partition coefficient (Wildman–Crippen LogP) is 4.43. The van der Waals surface area contributed by atoms with Gasteiger partial charge in [0, 0.05) is 16.8 Å². The van der Waals surface area contributed by atoms with Crippen molar-refractivity contribution in [3.63, 3.8) is 0 Å². The lowest BCUT2D eigenvalue weighted by atomic mass is 10.0. The summed E-state index contributed by atoms with van der Waals surface area (Å²) in [5.41, 5.74) is 5.73. The summed E-state index contributed by atoms with van der Waals surface area (Å²) in [5.74, 6) is -0.383. The molecule has 0 saturated carbocycles. The molecule has 1 amide bonds. The molecule has 1 aliphatic heterocycles. The van der Waals surface area contributed by atoms with Crippen molar-refractivity contribution < 1.29 is 13.2 Å². The third kappa shape index (κ3) is 3.40. The van der Waals surface area contributed by atoms with Gasteiger partial charge in [0.05, 0.1) is 10.6 Å². The molecular weight excluding hydrogens is 384 g/mol. The van der Waals surface area contributed by atoms with Gasteiger partial charge in [-0.2, -0.15) is 0 Å². The van der Waals surface area contributed by atoms with Gasteiger partial charge < -0.3 is 5.32 Å². The Bertz CT molecular complexity index is 1230. The Kier molecular flexibility index (Phi) is 4.67. The van der Waals surface area contributed by atoms with Crippen LogP contribution >= 0.6 is 0 Å². The van der Waals surface area contributed by atoms with Crippen LogP contribution in [0.5, 0.6) is 0 Å². The van der Waals surface area contributed by atoms with Crippen molar-refractivity contribution in [2.24, 2.45) is 0 Å². The highest BCUT2D eigenvalue weighted by Gasteiger charge is 2.35. The first-order valence-corrected chi connectivity index (χ1v) is 10.8. The molecule has 6 heteroatoms. The monoisotopic (exact) mass is 406 g/mol. The third-order valence-corrected chi connectivity index (χ3v) is 6.93. The maximum absolute atomic E-state index is 13.3. The third-order valence-electron chi connectivity index (χ3n) is 5.11. The molecule has 1 aliphatic rings. The summed E-state index contributed by atoms with van der Waals surface area (Å²) < 4.78 is 27.8. The van der Waals surface area contributed by atoms with Gasteiger partial charge in [-0.05, 0) is 50.6 Å². The summed E-state index contributed by atoms with van der Waals surface area (Å²) >= 11 is 0. The van der Waals surface area contributed by atoms with Crippen LogP contribution in [0.2, 0.25) is 0 Å². The molecule has 1 heterocycles. The van der Waals surface area contributed by atoms with Crippen LogP contribution in [0.25, 0.3) is 11.1 Å². The molecule has 148 valence electrons. The van der Waals surface area contributed by atoms with Crippen LogP contribution in [-0.4, -0.2) is 20.9 Å². The quantitative estimate of drug-likeness (QED) is 0.700. The van der Waals surface area contributed by atoms with Gasteiger partial charge in [-0.3, -0.25) is 9.10 Å². The number of nitrogens with zero attached hydrogens (tertiary/aromatic N) is 1. The summed E-state index contributed by atoms with van der Waals surface area (Å²) in [6, 6.07) is 18.2. The number of aryl methyl sites for hydroxylation is 3. The molecule has 29 heavy (non-hydrogen) atoms. The van der Waals surface area contributed by atoms with Crippen molar-refractivity contribution in [3.8, 4) is 11.1 Å². The van der Waals surface area contributed by atoms with E-state index in [0.29, 0.717) is 16.9 Å². The van der Waals surface area contributed by atoms with E-state index < -0.39 is 10.0 Å². The number of anilines is 2. The van der Waals surface area contributed by atoms with Gasteiger partial charge >= 0.3 is 0 Å². The van der Waals surface area contributed by atoms with Gasteiger partial charge in [-0.1, -0.05) is 47.5 Å². The van der Waals surface area contributed by atoms with Gasteiger partial charge in [0.1, 0.15) is 6.54 Å². The molecule has 5 nitrogen and oxygen atoms in total. The van der Waals surface area contributed by atoms with Crippen molar-refractivity contribution in [2.45, 2.75) is 25.7 Å². The largest absolute Gasteiger partial charge is 0.324 e. The number of hydrogen-bond donors (Lipinski definition) is 1. The number of fused-ring (bicyclic) bond motifs is 3. The van der Waals surface area contributed by atoms with E-state index in [-0.39, 0.29) is 17.3 Å². The highest BCUT2D eigenvalue weighted by Crippen LogP contribution is 2.43. The van der Waals surface area contributed by atoms with Crippen molar-refractivity contribution in [1.82, 2.24) is 0 Å². The lowest BCUT2D eigenvalue weighted by Gasteiger charge is -2.32. The topological polar surface area (TPSA) is 66.5 Å². The summed E-state index contributed by atoms with van der Waals surface area (Å²) in [6.07, 6.45) is 0. The first-order chi connectivity index (χ1) is 13.8. The number of carbonyl (C=O) groups excluding carboxylic acids is 1. The number of amides is 1. The first-order valence-electron chi connectivity index (χ1n) is 9.37. The molecule has 0 saturated heterocycles. The van der Waals surface area contributed by atoms with E-state index in [1.807, 2.05) is 57.2 Å². The fraction of sp³-hybridized carbons (Fsp3) is 0.174. The molecule has 0 atom stereocenters. The van der Waals surface area contributed by atoms with E-state index in [1.54, 1.807) is 24.3 Å². The highest BCUT2D eigenvalue weighted by molar-refractivity contribution is 7.93. The molecule has 0 fully saturated rings. The van der Waals surface area contributed by atoms with E-state index in [1.165, 1.54) is 4.31 Å². The van der Waals surface area contributed by atoms with Crippen molar-refractivity contribution >= 4 is 27.3 Å². The van der Waals surface area contributed by atoms with Crippen LogP contribution < -0.4 is 9.62 Å². The van der Waals surface area contributed by atoms with Crippen molar-refractivity contribution in [1.29, 1.82) is 0 Å². The zero-order valence-electron chi connectivity index (χ0n) is 16.6. The van der Waals surface area contributed by atoms with Crippen LogP contribution in [0.15, 0.2) is 65.6 Å². The molecule has 0 aliphatic carbocycles. The zero-order chi connectivity index (χ0) is 20.8. The molecule has 0 bridgehead atoms. The molecule has 0 spiro atoms. The Morgan fingerprint density at radius 2 is 1.59 bits per heavy atom. The van der Waals surface area contributed by atoms with Gasteiger partial charge in [-0.25, -0.2) is 8.42 Å². The lowest BCUT2D eigenvalue weighted by molar-refractivity contribution is -0.114. The maximum atomic E-state index is 13.3. The number of rotatable bonds is 3. The number of benzene rings is 3. The zero-order valence-corrected chi connectivity index (χ0v) is 17.4. The minimum atomic E-state index is -3.84. The minimum absolute atomic E-state index is 0.220. The van der Waals surface area contributed by atoms with Crippen LogP contribution in [0.1, 0.15) is 16.7 Å². The SMILES string of the molecule is Cc1ccc(NC(=O)CN2c3ccc(C)cc3-c3ccccc3S2(=O)=O)c(C)c1. The van der Waals surface area contributed by atoms with Gasteiger partial charge in [0.2, 0.25) is 5.91 Å². The van der Waals surface area contributed by atoms with Crippen molar-refractivity contribution in [3.05, 3.63) is 77.4 Å². The number of hydrogen-bond acceptors (Lipinski definition) is 3. The van der Waals surface area contributed by atoms with Gasteiger partial charge in [0.15, 0.2) is 0 Å². The first kappa shape index (κ1) is 19.2. The van der Waals surface area contributed by atoms with Crippen LogP contribution in [0.3, 0.4) is 0 Å². The summed E-state index contributed by atoms with van der Waals surface area (Å²) in [6.45, 7) is 5.56. The second kappa shape index (κ2) is 7.04. The molecular formula is C23H22N2O3S. The van der Waals surface area contributed by atoms with Crippen molar-refractivity contribution in [2.75, 3.05) is 16.2 Å². The Balaban J connectivity index is 1.73. The van der Waals surface area contributed by atoms with Gasteiger partial charge in [-0.15, -0.1) is 0 Å². The molecule has 0 radical (unpaired) electrons. The smallest absolute Gasteiger partial charge is 0.265 e. The Morgan fingerprint density at radius 1 is 0.897 bits per heavy atom. The Hall–Kier alpha value is -3.12. The maximum Gasteiger partial charge on any atom is 0.265 e. The van der Waals surface area contributed by atoms with E-state index >= 15 is 0 Å². The van der Waals surface area contributed by atoms with E-state index in [4.69, 9.17) is 0 Å². The number of sulfonamides is 1. The summed E-state index contributed by atoms with van der Waals surface area (Å²) in [5, 5.41) is 2.84. The van der Waals surface area contributed by atoms with Crippen LogP contribution in [0.4, 0.5) is 11.4 Å². The summed E-state index contributed by atoms with van der Waals surface area (Å²) in [7, 11) is -3.84. The minimum Gasteiger partial charge on any atom is -0.324 e. The lowest BCUT2D eigenvalue weighted by Crippen LogP contribution is -2.40. The average Bonchev–Trinajstić information content (AvgIpc) is 2.68.